The molecule has 7 heteroatoms. The van der Waals surface area contributed by atoms with Gasteiger partial charge in [0.15, 0.2) is 11.5 Å². The molecule has 3 aromatic heterocycles. The van der Waals surface area contributed by atoms with Gasteiger partial charge in [-0.1, -0.05) is 61.2 Å². The first kappa shape index (κ1) is 25.9. The van der Waals surface area contributed by atoms with Crippen molar-refractivity contribution in [3.8, 4) is 22.6 Å². The van der Waals surface area contributed by atoms with Crippen molar-refractivity contribution in [2.75, 3.05) is 18.0 Å². The molecule has 0 aliphatic carbocycles. The van der Waals surface area contributed by atoms with Gasteiger partial charge in [-0.25, -0.2) is 15.0 Å². The van der Waals surface area contributed by atoms with E-state index in [4.69, 9.17) is 4.98 Å². The number of piperidine rings is 1. The van der Waals surface area contributed by atoms with Crippen LogP contribution in [0.25, 0.3) is 33.9 Å². The largest absolute Gasteiger partial charge is 0.372 e. The smallest absolute Gasteiger partial charge is 0.158 e. The van der Waals surface area contributed by atoms with Gasteiger partial charge in [0.05, 0.1) is 11.4 Å². The second-order valence-corrected chi connectivity index (χ2v) is 11.0. The minimum Gasteiger partial charge on any atom is -0.372 e. The predicted molar refractivity (Wildman–Crippen MR) is 168 cm³/mol. The summed E-state index contributed by atoms with van der Waals surface area (Å²) in [5.74, 6) is 0.768. The summed E-state index contributed by atoms with van der Waals surface area (Å²) in [5.41, 5.74) is 10.8. The fourth-order valence-electron chi connectivity index (χ4n) is 5.80. The van der Waals surface area contributed by atoms with Gasteiger partial charge in [0.1, 0.15) is 6.33 Å². The first-order valence-corrected chi connectivity index (χ1v) is 14.6. The average Bonchev–Trinajstić information content (AvgIpc) is 3.76. The van der Waals surface area contributed by atoms with Crippen LogP contribution in [0.1, 0.15) is 41.6 Å². The molecule has 1 N–H and O–H groups in total. The first-order valence-electron chi connectivity index (χ1n) is 14.6. The Morgan fingerprint density at radius 2 is 1.67 bits per heavy atom. The van der Waals surface area contributed by atoms with E-state index in [0.717, 1.165) is 71.1 Å². The Kier molecular flexibility index (Phi) is 7.06. The van der Waals surface area contributed by atoms with Gasteiger partial charge < -0.3 is 9.30 Å². The van der Waals surface area contributed by atoms with Gasteiger partial charge in [0.2, 0.25) is 0 Å². The third kappa shape index (κ3) is 5.46. The maximum atomic E-state index is 5.13. The average molecular weight is 552 g/mol. The third-order valence-electron chi connectivity index (χ3n) is 8.10. The highest BCUT2D eigenvalue weighted by molar-refractivity contribution is 5.72. The van der Waals surface area contributed by atoms with Crippen LogP contribution in [0, 0.1) is 0 Å². The number of hydrogen-bond donors (Lipinski definition) is 1. The number of H-pyrrole nitrogens is 1. The molecule has 0 bridgehead atoms. The molecule has 42 heavy (non-hydrogen) atoms. The number of aromatic amines is 1. The van der Waals surface area contributed by atoms with Crippen molar-refractivity contribution in [2.24, 2.45) is 0 Å². The zero-order valence-electron chi connectivity index (χ0n) is 23.6. The number of imidazole rings is 1. The van der Waals surface area contributed by atoms with Crippen LogP contribution in [0.5, 0.6) is 0 Å². The van der Waals surface area contributed by atoms with Gasteiger partial charge in [-0.2, -0.15) is 5.10 Å². The fourth-order valence-corrected chi connectivity index (χ4v) is 5.80. The number of nitrogens with zero attached hydrogens (tertiary/aromatic N) is 6. The van der Waals surface area contributed by atoms with Crippen molar-refractivity contribution < 1.29 is 0 Å². The van der Waals surface area contributed by atoms with Crippen LogP contribution in [-0.2, 0) is 12.8 Å². The number of aromatic nitrogens is 6. The molecule has 6 aromatic rings. The van der Waals surface area contributed by atoms with E-state index in [1.807, 2.05) is 12.4 Å². The Labute approximate surface area is 245 Å². The summed E-state index contributed by atoms with van der Waals surface area (Å²) in [6.07, 6.45) is 12.8. The monoisotopic (exact) mass is 551 g/mol. The predicted octanol–water partition coefficient (Wildman–Crippen LogP) is 7.02. The van der Waals surface area contributed by atoms with Crippen molar-refractivity contribution in [1.29, 1.82) is 0 Å². The summed E-state index contributed by atoms with van der Waals surface area (Å²) in [6.45, 7) is 6.72. The van der Waals surface area contributed by atoms with Crippen LogP contribution in [0.4, 0.5) is 5.69 Å². The summed E-state index contributed by atoms with van der Waals surface area (Å²) in [5, 5.41) is 6.85. The van der Waals surface area contributed by atoms with Crippen LogP contribution in [0.15, 0.2) is 104 Å². The molecule has 0 unspecified atom stereocenters. The van der Waals surface area contributed by atoms with E-state index in [0.29, 0.717) is 0 Å². The van der Waals surface area contributed by atoms with E-state index >= 15 is 0 Å². The maximum Gasteiger partial charge on any atom is 0.158 e. The van der Waals surface area contributed by atoms with Gasteiger partial charge >= 0.3 is 0 Å². The molecule has 0 radical (unpaired) electrons. The molecule has 7 rings (SSSR count). The Bertz CT molecular complexity index is 1810. The Morgan fingerprint density at radius 1 is 0.857 bits per heavy atom. The van der Waals surface area contributed by atoms with Crippen LogP contribution in [-0.4, -0.2) is 42.6 Å². The fraction of sp³-hybridized carbons (Fsp3) is 0.200. The van der Waals surface area contributed by atoms with Crippen LogP contribution < -0.4 is 4.90 Å². The second-order valence-electron chi connectivity index (χ2n) is 11.0. The van der Waals surface area contributed by atoms with E-state index in [1.54, 1.807) is 0 Å². The molecule has 4 heterocycles. The minimum atomic E-state index is 0.727. The van der Waals surface area contributed by atoms with E-state index in [-0.39, 0.29) is 0 Å². The van der Waals surface area contributed by atoms with Gasteiger partial charge in [-0.05, 0) is 66.1 Å². The summed E-state index contributed by atoms with van der Waals surface area (Å²) in [6, 6.07) is 25.9. The lowest BCUT2D eigenvalue weighted by molar-refractivity contribution is 0.578. The van der Waals surface area contributed by atoms with Crippen LogP contribution >= 0.6 is 0 Å². The molecule has 0 saturated carbocycles. The molecule has 0 amide bonds. The highest BCUT2D eigenvalue weighted by Crippen LogP contribution is 2.27. The molecule has 1 aliphatic heterocycles. The molecular formula is C35H33N7. The van der Waals surface area contributed by atoms with Crippen LogP contribution in [0.2, 0.25) is 0 Å². The number of allylic oxidation sites excluding steroid dienone is 1. The number of hydrogen-bond acceptors (Lipinski definition) is 5. The van der Waals surface area contributed by atoms with Crippen molar-refractivity contribution in [3.05, 3.63) is 127 Å². The van der Waals surface area contributed by atoms with Crippen molar-refractivity contribution in [1.82, 2.24) is 29.5 Å². The molecule has 0 atom stereocenters. The molecule has 1 saturated heterocycles. The van der Waals surface area contributed by atoms with E-state index in [1.165, 1.54) is 42.4 Å². The zero-order valence-corrected chi connectivity index (χ0v) is 23.6. The van der Waals surface area contributed by atoms with Crippen LogP contribution in [0.3, 0.4) is 0 Å². The topological polar surface area (TPSA) is 75.0 Å². The molecular weight excluding hydrogens is 518 g/mol. The Hall–Kier alpha value is -5.04. The molecule has 208 valence electrons. The lowest BCUT2D eigenvalue weighted by Gasteiger charge is -2.28. The summed E-state index contributed by atoms with van der Waals surface area (Å²) >= 11 is 0. The Balaban J connectivity index is 1.11. The molecule has 1 fully saturated rings. The number of benzene rings is 3. The number of nitrogens with one attached hydrogen (secondary N) is 1. The van der Waals surface area contributed by atoms with E-state index in [9.17, 15) is 0 Å². The van der Waals surface area contributed by atoms with Gasteiger partial charge in [-0.3, -0.25) is 5.10 Å². The number of anilines is 1. The summed E-state index contributed by atoms with van der Waals surface area (Å²) in [4.78, 5) is 16.5. The lowest BCUT2D eigenvalue weighted by Crippen LogP contribution is -2.29. The molecule has 0 spiro atoms. The van der Waals surface area contributed by atoms with Crippen molar-refractivity contribution in [2.45, 2.75) is 32.1 Å². The quantitative estimate of drug-likeness (QED) is 0.220. The molecule has 3 aromatic carbocycles. The molecule has 7 nitrogen and oxygen atoms in total. The standard InChI is InChI=1S/C35H33N7/c1-25(20-26-8-12-28(13-9-26)34-37-24-38-40-34)29-6-5-7-30(22-29)33-23-42-19-16-36-35(42)32(39-33)21-27-10-14-31(15-11-27)41-17-3-2-4-18-41/h5-16,19,22-24H,1-4,17-18,20-21H2,(H,37,38,40). The molecule has 1 aliphatic rings. The number of fused-ring (bicyclic) bond motifs is 1. The second kappa shape index (κ2) is 11.4. The van der Waals surface area contributed by atoms with E-state index < -0.39 is 0 Å². The summed E-state index contributed by atoms with van der Waals surface area (Å²) in [7, 11) is 0. The minimum absolute atomic E-state index is 0.727. The van der Waals surface area contributed by atoms with E-state index in [2.05, 4.69) is 115 Å². The normalized spacial score (nSPS) is 13.5. The summed E-state index contributed by atoms with van der Waals surface area (Å²) < 4.78 is 2.08. The SMILES string of the molecule is C=C(Cc1ccc(-c2ncn[nH]2)cc1)c1cccc(-c2cn3ccnc3c(Cc3ccc(N4CCCCC4)cc3)n2)c1. The first-order chi connectivity index (χ1) is 20.7. The van der Waals surface area contributed by atoms with Gasteiger partial charge in [0.25, 0.3) is 0 Å². The van der Waals surface area contributed by atoms with Crippen molar-refractivity contribution in [3.63, 3.8) is 0 Å². The van der Waals surface area contributed by atoms with Crippen molar-refractivity contribution >= 4 is 16.9 Å². The third-order valence-corrected chi connectivity index (χ3v) is 8.10. The highest BCUT2D eigenvalue weighted by Gasteiger charge is 2.14. The maximum absolute atomic E-state index is 5.13. The zero-order chi connectivity index (χ0) is 28.3. The number of rotatable bonds is 8. The van der Waals surface area contributed by atoms with Gasteiger partial charge in [0, 0.05) is 54.9 Å². The van der Waals surface area contributed by atoms with Gasteiger partial charge in [-0.15, -0.1) is 0 Å². The highest BCUT2D eigenvalue weighted by atomic mass is 15.2. The lowest BCUT2D eigenvalue weighted by atomic mass is 9.97. The Morgan fingerprint density at radius 3 is 2.45 bits per heavy atom.